The fourth-order valence-electron chi connectivity index (χ4n) is 2.93. The average molecular weight is 463 g/mol. The van der Waals surface area contributed by atoms with Gasteiger partial charge in [0.2, 0.25) is 0 Å². The Bertz CT molecular complexity index is 909. The van der Waals surface area contributed by atoms with Gasteiger partial charge in [-0.25, -0.2) is 0 Å². The van der Waals surface area contributed by atoms with Crippen molar-refractivity contribution >= 4 is 45.2 Å². The smallest absolute Gasteiger partial charge is 0.311 e. The first-order valence-corrected chi connectivity index (χ1v) is 10.5. The maximum absolute atomic E-state index is 13.0. The number of ketones is 1. The van der Waals surface area contributed by atoms with E-state index in [-0.39, 0.29) is 17.4 Å². The van der Waals surface area contributed by atoms with Crippen LogP contribution < -0.4 is 5.32 Å². The summed E-state index contributed by atoms with van der Waals surface area (Å²) in [5, 5.41) is 23.9. The Labute approximate surface area is 175 Å². The van der Waals surface area contributed by atoms with Crippen molar-refractivity contribution in [3.63, 3.8) is 0 Å². The van der Waals surface area contributed by atoms with E-state index in [1.807, 2.05) is 24.3 Å². The van der Waals surface area contributed by atoms with Gasteiger partial charge in [0.25, 0.3) is 0 Å². The van der Waals surface area contributed by atoms with Crippen LogP contribution in [0.4, 0.5) is 5.69 Å². The molecule has 1 unspecified atom stereocenters. The molecule has 1 saturated heterocycles. The Kier molecular flexibility index (Phi) is 6.88. The quantitative estimate of drug-likeness (QED) is 0.357. The third-order valence-corrected chi connectivity index (χ3v) is 6.11. The van der Waals surface area contributed by atoms with Crippen LogP contribution in [-0.2, 0) is 10.5 Å². The van der Waals surface area contributed by atoms with Gasteiger partial charge in [-0.05, 0) is 48.4 Å². The van der Waals surface area contributed by atoms with Crippen molar-refractivity contribution in [3.8, 4) is 5.75 Å². The number of aromatic hydroxyl groups is 1. The molecule has 3 rings (SSSR count). The van der Waals surface area contributed by atoms with Crippen LogP contribution in [0.1, 0.15) is 17.5 Å². The van der Waals surface area contributed by atoms with Crippen LogP contribution in [0.5, 0.6) is 5.75 Å². The van der Waals surface area contributed by atoms with Gasteiger partial charge in [0.1, 0.15) is 0 Å². The van der Waals surface area contributed by atoms with Gasteiger partial charge in [-0.1, -0.05) is 34.1 Å². The fourth-order valence-corrected chi connectivity index (χ4v) is 4.24. The minimum Gasteiger partial charge on any atom is -0.502 e. The number of thioether (sulfide) groups is 1. The Morgan fingerprint density at radius 3 is 2.71 bits per heavy atom. The molecule has 1 aliphatic heterocycles. The van der Waals surface area contributed by atoms with Gasteiger partial charge < -0.3 is 10.4 Å². The van der Waals surface area contributed by atoms with Crippen molar-refractivity contribution in [1.29, 1.82) is 0 Å². The number of halogens is 1. The molecule has 0 aliphatic carbocycles. The van der Waals surface area contributed by atoms with Gasteiger partial charge in [0.15, 0.2) is 11.5 Å². The standard InChI is InChI=1S/C20H19BrN2O4S/c21-16-4-1-13(2-5-16)12-28-19(20(25)15-7-8-22-11-15)10-14-3-6-18(24)17(9-14)23(26)27/h1-6,9-10,15,22,24H,7-8,11-12H2/b19-10+. The molecule has 28 heavy (non-hydrogen) atoms. The lowest BCUT2D eigenvalue weighted by Crippen LogP contribution is -2.18. The van der Waals surface area contributed by atoms with E-state index >= 15 is 0 Å². The second-order valence-electron chi connectivity index (χ2n) is 6.48. The summed E-state index contributed by atoms with van der Waals surface area (Å²) >= 11 is 4.83. The lowest BCUT2D eigenvalue weighted by molar-refractivity contribution is -0.385. The van der Waals surface area contributed by atoms with E-state index in [0.29, 0.717) is 22.8 Å². The summed E-state index contributed by atoms with van der Waals surface area (Å²) in [5.74, 6) is 0.182. The molecule has 8 heteroatoms. The van der Waals surface area contributed by atoms with E-state index in [4.69, 9.17) is 0 Å². The van der Waals surface area contributed by atoms with Crippen molar-refractivity contribution in [2.75, 3.05) is 13.1 Å². The number of Topliss-reactive ketones (excluding diaryl/α,β-unsaturated/α-hetero) is 1. The normalized spacial score (nSPS) is 16.9. The summed E-state index contributed by atoms with van der Waals surface area (Å²) in [6, 6.07) is 12.0. The maximum Gasteiger partial charge on any atom is 0.311 e. The second kappa shape index (κ2) is 9.36. The van der Waals surface area contributed by atoms with Crippen molar-refractivity contribution in [1.82, 2.24) is 5.32 Å². The highest BCUT2D eigenvalue weighted by Crippen LogP contribution is 2.32. The number of nitrogens with zero attached hydrogens (tertiary/aromatic N) is 1. The summed E-state index contributed by atoms with van der Waals surface area (Å²) in [6.07, 6.45) is 2.46. The van der Waals surface area contributed by atoms with E-state index in [2.05, 4.69) is 21.2 Å². The number of benzene rings is 2. The Balaban J connectivity index is 1.87. The van der Waals surface area contributed by atoms with E-state index in [0.717, 1.165) is 23.0 Å². The second-order valence-corrected chi connectivity index (χ2v) is 8.42. The highest BCUT2D eigenvalue weighted by Gasteiger charge is 2.26. The summed E-state index contributed by atoms with van der Waals surface area (Å²) in [4.78, 5) is 24.0. The minimum absolute atomic E-state index is 0.0443. The Morgan fingerprint density at radius 1 is 1.32 bits per heavy atom. The van der Waals surface area contributed by atoms with Gasteiger partial charge in [-0.15, -0.1) is 11.8 Å². The molecule has 1 aliphatic rings. The molecule has 1 fully saturated rings. The first-order valence-electron chi connectivity index (χ1n) is 8.75. The molecule has 2 N–H and O–H groups in total. The van der Waals surface area contributed by atoms with Gasteiger partial charge in [0.05, 0.1) is 9.83 Å². The lowest BCUT2D eigenvalue weighted by Gasteiger charge is -2.12. The van der Waals surface area contributed by atoms with E-state index in [1.54, 1.807) is 12.1 Å². The number of allylic oxidation sites excluding steroid dienone is 1. The number of carbonyl (C=O) groups excluding carboxylic acids is 1. The molecule has 6 nitrogen and oxygen atoms in total. The molecule has 0 aromatic heterocycles. The summed E-state index contributed by atoms with van der Waals surface area (Å²) in [7, 11) is 0. The van der Waals surface area contributed by atoms with Crippen molar-refractivity contribution in [2.24, 2.45) is 5.92 Å². The molecular weight excluding hydrogens is 444 g/mol. The third kappa shape index (κ3) is 5.21. The van der Waals surface area contributed by atoms with Crippen LogP contribution in [0.15, 0.2) is 51.8 Å². The predicted molar refractivity (Wildman–Crippen MR) is 114 cm³/mol. The molecule has 2 aromatic carbocycles. The Hall–Kier alpha value is -2.16. The summed E-state index contributed by atoms with van der Waals surface area (Å²) < 4.78 is 0.988. The van der Waals surface area contributed by atoms with Gasteiger partial charge in [-0.3, -0.25) is 14.9 Å². The molecule has 2 aromatic rings. The van der Waals surface area contributed by atoms with Crippen molar-refractivity contribution in [3.05, 3.63) is 73.1 Å². The number of nitro groups is 1. The van der Waals surface area contributed by atoms with Crippen LogP contribution in [0.25, 0.3) is 6.08 Å². The van der Waals surface area contributed by atoms with Crippen molar-refractivity contribution < 1.29 is 14.8 Å². The van der Waals surface area contributed by atoms with E-state index in [1.165, 1.54) is 23.9 Å². The van der Waals surface area contributed by atoms with Crippen molar-refractivity contribution in [2.45, 2.75) is 12.2 Å². The highest BCUT2D eigenvalue weighted by atomic mass is 79.9. The number of hydrogen-bond acceptors (Lipinski definition) is 6. The number of nitrogens with one attached hydrogen (secondary N) is 1. The first-order chi connectivity index (χ1) is 13.4. The summed E-state index contributed by atoms with van der Waals surface area (Å²) in [5.41, 5.74) is 1.22. The molecule has 0 amide bonds. The molecule has 146 valence electrons. The van der Waals surface area contributed by atoms with E-state index in [9.17, 15) is 20.0 Å². The molecule has 0 spiro atoms. The van der Waals surface area contributed by atoms with Crippen LogP contribution >= 0.6 is 27.7 Å². The third-order valence-electron chi connectivity index (χ3n) is 4.48. The number of phenolic OH excluding ortho intramolecular Hbond substituents is 1. The number of phenols is 1. The van der Waals surface area contributed by atoms with Crippen LogP contribution in [-0.4, -0.2) is 28.9 Å². The molecule has 0 bridgehead atoms. The number of hydrogen-bond donors (Lipinski definition) is 2. The molecule has 1 atom stereocenters. The SMILES string of the molecule is O=C(/C(=C\c1ccc(O)c([N+](=O)[O-])c1)SCc1ccc(Br)cc1)C1CCNC1. The lowest BCUT2D eigenvalue weighted by atomic mass is 10.0. The minimum atomic E-state index is -0.635. The largest absolute Gasteiger partial charge is 0.502 e. The van der Waals surface area contributed by atoms with Crippen LogP contribution in [0, 0.1) is 16.0 Å². The molecular formula is C20H19BrN2O4S. The monoisotopic (exact) mass is 462 g/mol. The fraction of sp³-hybridized carbons (Fsp3) is 0.250. The summed E-state index contributed by atoms with van der Waals surface area (Å²) in [6.45, 7) is 1.45. The molecule has 1 heterocycles. The molecule has 0 saturated carbocycles. The van der Waals surface area contributed by atoms with E-state index < -0.39 is 10.7 Å². The van der Waals surface area contributed by atoms with Gasteiger partial charge in [-0.2, -0.15) is 0 Å². The number of carbonyl (C=O) groups is 1. The zero-order valence-electron chi connectivity index (χ0n) is 14.9. The maximum atomic E-state index is 13.0. The first kappa shape index (κ1) is 20.6. The zero-order chi connectivity index (χ0) is 20.1. The topological polar surface area (TPSA) is 92.5 Å². The Morgan fingerprint density at radius 2 is 2.07 bits per heavy atom. The zero-order valence-corrected chi connectivity index (χ0v) is 17.3. The predicted octanol–water partition coefficient (Wildman–Crippen LogP) is 4.52. The number of rotatable bonds is 7. The number of nitro benzene ring substituents is 1. The van der Waals surface area contributed by atoms with Gasteiger partial charge in [0, 0.05) is 28.8 Å². The van der Waals surface area contributed by atoms with Crippen LogP contribution in [0.2, 0.25) is 0 Å². The molecule has 0 radical (unpaired) electrons. The van der Waals surface area contributed by atoms with Crippen LogP contribution in [0.3, 0.4) is 0 Å². The van der Waals surface area contributed by atoms with Gasteiger partial charge >= 0.3 is 5.69 Å². The average Bonchev–Trinajstić information content (AvgIpc) is 3.21. The highest BCUT2D eigenvalue weighted by molar-refractivity contribution is 9.10.